The fraction of sp³-hybridized carbons (Fsp3) is 0.0909. The van der Waals surface area contributed by atoms with Crippen molar-refractivity contribution in [1.29, 1.82) is 0 Å². The highest BCUT2D eigenvalue weighted by atomic mass is 35.5. The molecular formula is C11H5ClF3NO3. The number of hydrogen-bond acceptors (Lipinski definition) is 3. The largest absolute Gasteiger partial charge is 0.475 e. The monoisotopic (exact) mass is 291 g/mol. The minimum absolute atomic E-state index is 0.0254. The van der Waals surface area contributed by atoms with E-state index >= 15 is 0 Å². The molecule has 0 saturated heterocycles. The molecule has 2 rings (SSSR count). The standard InChI is InChI=1S/C11H5ClF3NO3/c12-6-3-4(13)1-2-5(6)10-16-7(9(14)15)8(19-10)11(17)18/h1-3,9H,(H,17,18). The second-order valence-corrected chi connectivity index (χ2v) is 3.87. The zero-order valence-electron chi connectivity index (χ0n) is 9.03. The lowest BCUT2D eigenvalue weighted by molar-refractivity contribution is 0.0647. The molecule has 0 aliphatic carbocycles. The lowest BCUT2D eigenvalue weighted by atomic mass is 10.2. The van der Waals surface area contributed by atoms with Crippen LogP contribution in [0.25, 0.3) is 11.5 Å². The molecule has 0 saturated carbocycles. The predicted octanol–water partition coefficient (Wildman–Crippen LogP) is 3.77. The van der Waals surface area contributed by atoms with Crippen LogP contribution in [0.4, 0.5) is 13.2 Å². The van der Waals surface area contributed by atoms with Crippen LogP contribution in [0.5, 0.6) is 0 Å². The van der Waals surface area contributed by atoms with E-state index in [0.717, 1.165) is 18.2 Å². The van der Waals surface area contributed by atoms with Crippen molar-refractivity contribution >= 4 is 17.6 Å². The molecule has 0 aliphatic rings. The second-order valence-electron chi connectivity index (χ2n) is 3.46. The molecule has 0 amide bonds. The lowest BCUT2D eigenvalue weighted by Gasteiger charge is -1.98. The van der Waals surface area contributed by atoms with E-state index in [0.29, 0.717) is 0 Å². The van der Waals surface area contributed by atoms with Crippen LogP contribution in [0.1, 0.15) is 22.7 Å². The first-order chi connectivity index (χ1) is 8.90. The van der Waals surface area contributed by atoms with E-state index in [1.165, 1.54) is 0 Å². The van der Waals surface area contributed by atoms with Crippen LogP contribution >= 0.6 is 11.6 Å². The number of carbonyl (C=O) groups is 1. The first-order valence-corrected chi connectivity index (χ1v) is 5.25. The Morgan fingerprint density at radius 3 is 2.58 bits per heavy atom. The molecule has 1 aromatic carbocycles. The van der Waals surface area contributed by atoms with Crippen molar-refractivity contribution in [3.05, 3.63) is 40.5 Å². The van der Waals surface area contributed by atoms with Gasteiger partial charge in [-0.2, -0.15) is 0 Å². The summed E-state index contributed by atoms with van der Waals surface area (Å²) in [6.07, 6.45) is -3.11. The third-order valence-electron chi connectivity index (χ3n) is 2.22. The average Bonchev–Trinajstić information content (AvgIpc) is 2.73. The van der Waals surface area contributed by atoms with Crippen molar-refractivity contribution in [1.82, 2.24) is 4.98 Å². The number of aromatic carboxylic acids is 1. The van der Waals surface area contributed by atoms with Gasteiger partial charge < -0.3 is 9.52 Å². The maximum atomic E-state index is 12.9. The van der Waals surface area contributed by atoms with Crippen LogP contribution in [-0.2, 0) is 0 Å². The maximum absolute atomic E-state index is 12.9. The molecule has 2 aromatic rings. The highest BCUT2D eigenvalue weighted by Gasteiger charge is 2.27. The van der Waals surface area contributed by atoms with E-state index < -0.39 is 35.6 Å². The Morgan fingerprint density at radius 2 is 2.11 bits per heavy atom. The third kappa shape index (κ3) is 2.55. The van der Waals surface area contributed by atoms with E-state index in [-0.39, 0.29) is 10.6 Å². The number of rotatable bonds is 3. The summed E-state index contributed by atoms with van der Waals surface area (Å²) >= 11 is 5.71. The summed E-state index contributed by atoms with van der Waals surface area (Å²) in [5.41, 5.74) is -0.972. The molecule has 1 aromatic heterocycles. The summed E-state index contributed by atoms with van der Waals surface area (Å²) < 4.78 is 42.8. The SMILES string of the molecule is O=C(O)c1oc(-c2ccc(F)cc2Cl)nc1C(F)F. The van der Waals surface area contributed by atoms with Gasteiger partial charge in [-0.15, -0.1) is 0 Å². The van der Waals surface area contributed by atoms with Crippen LogP contribution < -0.4 is 0 Å². The molecule has 1 heterocycles. The summed E-state index contributed by atoms with van der Waals surface area (Å²) in [5.74, 6) is -3.68. The van der Waals surface area contributed by atoms with Crippen molar-refractivity contribution < 1.29 is 27.5 Å². The smallest absolute Gasteiger partial charge is 0.374 e. The minimum atomic E-state index is -3.11. The molecule has 19 heavy (non-hydrogen) atoms. The highest BCUT2D eigenvalue weighted by molar-refractivity contribution is 6.33. The van der Waals surface area contributed by atoms with Crippen LogP contribution in [0, 0.1) is 5.82 Å². The van der Waals surface area contributed by atoms with Crippen LogP contribution in [0.2, 0.25) is 5.02 Å². The molecule has 8 heteroatoms. The van der Waals surface area contributed by atoms with E-state index in [2.05, 4.69) is 4.98 Å². The first-order valence-electron chi connectivity index (χ1n) is 4.87. The van der Waals surface area contributed by atoms with Gasteiger partial charge in [-0.1, -0.05) is 11.6 Å². The summed E-state index contributed by atoms with van der Waals surface area (Å²) in [6.45, 7) is 0. The molecule has 0 radical (unpaired) electrons. The Labute approximate surface area is 109 Å². The van der Waals surface area contributed by atoms with Crippen LogP contribution in [0.3, 0.4) is 0 Å². The predicted molar refractivity (Wildman–Crippen MR) is 58.8 cm³/mol. The normalized spacial score (nSPS) is 11.0. The Kier molecular flexibility index (Phi) is 3.48. The maximum Gasteiger partial charge on any atom is 0.374 e. The molecule has 1 N–H and O–H groups in total. The molecule has 0 aliphatic heterocycles. The zero-order valence-corrected chi connectivity index (χ0v) is 9.79. The number of aromatic nitrogens is 1. The number of benzene rings is 1. The molecule has 0 atom stereocenters. The number of hydrogen-bond donors (Lipinski definition) is 1. The number of carboxylic acids is 1. The fourth-order valence-electron chi connectivity index (χ4n) is 1.41. The lowest BCUT2D eigenvalue weighted by Crippen LogP contribution is -1.99. The third-order valence-corrected chi connectivity index (χ3v) is 2.53. The van der Waals surface area contributed by atoms with E-state index in [1.54, 1.807) is 0 Å². The van der Waals surface area contributed by atoms with Crippen molar-refractivity contribution in [3.63, 3.8) is 0 Å². The molecule has 0 fully saturated rings. The van der Waals surface area contributed by atoms with E-state index in [9.17, 15) is 18.0 Å². The molecule has 0 bridgehead atoms. The Morgan fingerprint density at radius 1 is 1.42 bits per heavy atom. The summed E-state index contributed by atoms with van der Waals surface area (Å²) in [6, 6.07) is 3.11. The second kappa shape index (κ2) is 4.93. The van der Waals surface area contributed by atoms with Gasteiger partial charge in [-0.05, 0) is 18.2 Å². The van der Waals surface area contributed by atoms with Gasteiger partial charge in [-0.25, -0.2) is 22.9 Å². The number of nitrogens with zero attached hydrogens (tertiary/aromatic N) is 1. The first kappa shape index (κ1) is 13.4. The Balaban J connectivity index is 2.57. The topological polar surface area (TPSA) is 63.3 Å². The van der Waals surface area contributed by atoms with Crippen LogP contribution in [-0.4, -0.2) is 16.1 Å². The molecule has 100 valence electrons. The van der Waals surface area contributed by atoms with E-state index in [4.69, 9.17) is 21.1 Å². The molecular weight excluding hydrogens is 287 g/mol. The molecule has 0 unspecified atom stereocenters. The van der Waals surface area contributed by atoms with Gasteiger partial charge >= 0.3 is 5.97 Å². The van der Waals surface area contributed by atoms with Crippen LogP contribution in [0.15, 0.2) is 22.6 Å². The van der Waals surface area contributed by atoms with Gasteiger partial charge in [0, 0.05) is 0 Å². The number of halogens is 4. The Hall–Kier alpha value is -2.02. The van der Waals surface area contributed by atoms with E-state index in [1.807, 2.05) is 0 Å². The number of carboxylic acid groups (broad SMARTS) is 1. The zero-order chi connectivity index (χ0) is 14.2. The summed E-state index contributed by atoms with van der Waals surface area (Å²) in [7, 11) is 0. The summed E-state index contributed by atoms with van der Waals surface area (Å²) in [4.78, 5) is 14.1. The van der Waals surface area contributed by atoms with Crippen molar-refractivity contribution in [2.75, 3.05) is 0 Å². The molecule has 4 nitrogen and oxygen atoms in total. The van der Waals surface area contributed by atoms with Gasteiger partial charge in [0.1, 0.15) is 5.82 Å². The van der Waals surface area contributed by atoms with Gasteiger partial charge in [-0.3, -0.25) is 0 Å². The van der Waals surface area contributed by atoms with Crippen molar-refractivity contribution in [2.45, 2.75) is 6.43 Å². The van der Waals surface area contributed by atoms with Gasteiger partial charge in [0.2, 0.25) is 11.7 Å². The summed E-state index contributed by atoms with van der Waals surface area (Å²) in [5, 5.41) is 8.60. The van der Waals surface area contributed by atoms with Gasteiger partial charge in [0.05, 0.1) is 10.6 Å². The molecule has 0 spiro atoms. The highest BCUT2D eigenvalue weighted by Crippen LogP contribution is 2.32. The fourth-order valence-corrected chi connectivity index (χ4v) is 1.66. The van der Waals surface area contributed by atoms with Crippen molar-refractivity contribution in [2.24, 2.45) is 0 Å². The quantitative estimate of drug-likeness (QED) is 0.935. The number of alkyl halides is 2. The average molecular weight is 292 g/mol. The van der Waals surface area contributed by atoms with Gasteiger partial charge in [0.25, 0.3) is 6.43 Å². The number of oxazole rings is 1. The minimum Gasteiger partial charge on any atom is -0.475 e. The van der Waals surface area contributed by atoms with Gasteiger partial charge in [0.15, 0.2) is 5.69 Å². The van der Waals surface area contributed by atoms with Crippen molar-refractivity contribution in [3.8, 4) is 11.5 Å². The Bertz CT molecular complexity index is 642.